The topological polar surface area (TPSA) is 88.2 Å². The zero-order valence-corrected chi connectivity index (χ0v) is 9.45. The highest BCUT2D eigenvalue weighted by Gasteiger charge is 2.06. The lowest BCUT2D eigenvalue weighted by molar-refractivity contribution is -0.136. The summed E-state index contributed by atoms with van der Waals surface area (Å²) in [6, 6.07) is 3.51. The van der Waals surface area contributed by atoms with Crippen LogP contribution in [0.4, 0.5) is 0 Å². The molecule has 6 nitrogen and oxygen atoms in total. The molecule has 0 unspecified atom stereocenters. The zero-order chi connectivity index (χ0) is 12.7. The Hall–Kier alpha value is -2.46. The largest absolute Gasteiger partial charge is 0.466 e. The van der Waals surface area contributed by atoms with E-state index in [-0.39, 0.29) is 5.70 Å². The van der Waals surface area contributed by atoms with Crippen molar-refractivity contribution in [2.45, 2.75) is 6.92 Å². The number of azide groups is 1. The van der Waals surface area contributed by atoms with Crippen molar-refractivity contribution in [3.05, 3.63) is 51.9 Å². The molecule has 0 atom stereocenters. The Morgan fingerprint density at radius 3 is 2.94 bits per heavy atom. The molecule has 17 heavy (non-hydrogen) atoms. The van der Waals surface area contributed by atoms with E-state index in [0.717, 1.165) is 0 Å². The van der Waals surface area contributed by atoms with Crippen LogP contribution in [0.15, 0.2) is 45.3 Å². The van der Waals surface area contributed by atoms with Crippen LogP contribution in [0.5, 0.6) is 0 Å². The zero-order valence-electron chi connectivity index (χ0n) is 9.45. The van der Waals surface area contributed by atoms with Crippen molar-refractivity contribution in [2.75, 3.05) is 7.11 Å². The van der Waals surface area contributed by atoms with Gasteiger partial charge in [-0.05, 0) is 42.3 Å². The molecule has 1 aromatic heterocycles. The highest BCUT2D eigenvalue weighted by molar-refractivity contribution is 5.88. The maximum absolute atomic E-state index is 11.2. The Morgan fingerprint density at radius 2 is 2.41 bits per heavy atom. The van der Waals surface area contributed by atoms with Crippen molar-refractivity contribution in [3.63, 3.8) is 0 Å². The molecular formula is C11H11N3O3. The van der Waals surface area contributed by atoms with E-state index in [1.54, 1.807) is 25.1 Å². The maximum atomic E-state index is 11.2. The third-order valence-corrected chi connectivity index (χ3v) is 1.82. The summed E-state index contributed by atoms with van der Waals surface area (Å²) in [6.45, 7) is 1.75. The van der Waals surface area contributed by atoms with Crippen LogP contribution in [-0.2, 0) is 9.53 Å². The Kier molecular flexibility index (Phi) is 4.59. The fourth-order valence-electron chi connectivity index (χ4n) is 1.14. The van der Waals surface area contributed by atoms with Gasteiger partial charge in [-0.25, -0.2) is 4.79 Å². The summed E-state index contributed by atoms with van der Waals surface area (Å²) in [5.41, 5.74) is 8.92. The average Bonchev–Trinajstić information content (AvgIpc) is 2.80. The summed E-state index contributed by atoms with van der Waals surface area (Å²) >= 11 is 0. The second-order valence-electron chi connectivity index (χ2n) is 3.11. The molecule has 6 heteroatoms. The van der Waals surface area contributed by atoms with E-state index in [1.165, 1.54) is 19.4 Å². The van der Waals surface area contributed by atoms with Gasteiger partial charge in [0, 0.05) is 4.91 Å². The first-order valence-corrected chi connectivity index (χ1v) is 4.74. The van der Waals surface area contributed by atoms with E-state index in [0.29, 0.717) is 11.3 Å². The van der Waals surface area contributed by atoms with E-state index in [4.69, 9.17) is 9.95 Å². The van der Waals surface area contributed by atoms with Crippen LogP contribution in [0.3, 0.4) is 0 Å². The van der Waals surface area contributed by atoms with Crippen LogP contribution in [0, 0.1) is 0 Å². The van der Waals surface area contributed by atoms with Crippen molar-refractivity contribution in [2.24, 2.45) is 5.11 Å². The Morgan fingerprint density at radius 1 is 1.65 bits per heavy atom. The number of methoxy groups -OCH3 is 1. The van der Waals surface area contributed by atoms with Gasteiger partial charge in [-0.3, -0.25) is 0 Å². The molecular weight excluding hydrogens is 222 g/mol. The van der Waals surface area contributed by atoms with Crippen LogP contribution in [0.2, 0.25) is 0 Å². The van der Waals surface area contributed by atoms with Crippen molar-refractivity contribution in [3.8, 4) is 0 Å². The van der Waals surface area contributed by atoms with Gasteiger partial charge < -0.3 is 9.15 Å². The van der Waals surface area contributed by atoms with Crippen molar-refractivity contribution >= 4 is 12.0 Å². The van der Waals surface area contributed by atoms with Crippen LogP contribution in [0.1, 0.15) is 12.7 Å². The van der Waals surface area contributed by atoms with Crippen LogP contribution >= 0.6 is 0 Å². The van der Waals surface area contributed by atoms with E-state index in [9.17, 15) is 4.79 Å². The van der Waals surface area contributed by atoms with Crippen molar-refractivity contribution in [1.29, 1.82) is 0 Å². The minimum atomic E-state index is -0.685. The minimum Gasteiger partial charge on any atom is -0.466 e. The number of hydrogen-bond donors (Lipinski definition) is 0. The fourth-order valence-corrected chi connectivity index (χ4v) is 1.14. The normalized spacial score (nSPS) is 11.9. The number of esters is 1. The summed E-state index contributed by atoms with van der Waals surface area (Å²) in [7, 11) is 1.22. The Balaban J connectivity index is 2.98. The van der Waals surface area contributed by atoms with Crippen LogP contribution in [0.25, 0.3) is 16.5 Å². The Bertz CT molecular complexity index is 494. The van der Waals surface area contributed by atoms with Gasteiger partial charge in [-0.2, -0.15) is 0 Å². The van der Waals surface area contributed by atoms with E-state index in [2.05, 4.69) is 14.8 Å². The first-order chi connectivity index (χ1) is 8.17. The molecule has 0 aromatic carbocycles. The number of nitrogens with zero attached hydrogens (tertiary/aromatic N) is 3. The quantitative estimate of drug-likeness (QED) is 0.200. The number of carbonyl (C=O) groups is 1. The van der Waals surface area contributed by atoms with E-state index < -0.39 is 5.97 Å². The SMILES string of the molecule is COC(=O)C(=CC(C)=Cc1ccco1)N=[N+]=[N-]. The molecule has 0 spiro atoms. The highest BCUT2D eigenvalue weighted by atomic mass is 16.5. The molecule has 0 aliphatic carbocycles. The summed E-state index contributed by atoms with van der Waals surface area (Å²) in [5, 5.41) is 3.26. The molecule has 0 N–H and O–H groups in total. The fraction of sp³-hybridized carbons (Fsp3) is 0.182. The number of hydrogen-bond acceptors (Lipinski definition) is 4. The van der Waals surface area contributed by atoms with Crippen LogP contribution < -0.4 is 0 Å². The van der Waals surface area contributed by atoms with Gasteiger partial charge in [0.1, 0.15) is 11.5 Å². The number of carbonyl (C=O) groups excluding carboxylic acids is 1. The number of allylic oxidation sites excluding steroid dienone is 2. The van der Waals surface area contributed by atoms with Gasteiger partial charge in [-0.15, -0.1) is 0 Å². The number of ether oxygens (including phenoxy) is 1. The van der Waals surface area contributed by atoms with Gasteiger partial charge in [0.05, 0.1) is 13.4 Å². The summed E-state index contributed by atoms with van der Waals surface area (Å²) in [4.78, 5) is 13.8. The monoisotopic (exact) mass is 233 g/mol. The molecule has 1 heterocycles. The van der Waals surface area contributed by atoms with Gasteiger partial charge in [0.15, 0.2) is 0 Å². The molecule has 0 radical (unpaired) electrons. The molecule has 0 aliphatic rings. The second kappa shape index (κ2) is 6.19. The van der Waals surface area contributed by atoms with Gasteiger partial charge in [0.2, 0.25) is 0 Å². The number of furan rings is 1. The predicted molar refractivity (Wildman–Crippen MR) is 61.6 cm³/mol. The van der Waals surface area contributed by atoms with Gasteiger partial charge >= 0.3 is 5.97 Å². The predicted octanol–water partition coefficient (Wildman–Crippen LogP) is 3.05. The lowest BCUT2D eigenvalue weighted by Gasteiger charge is -1.98. The smallest absolute Gasteiger partial charge is 0.340 e. The maximum Gasteiger partial charge on any atom is 0.340 e. The minimum absolute atomic E-state index is 0.102. The van der Waals surface area contributed by atoms with E-state index >= 15 is 0 Å². The van der Waals surface area contributed by atoms with Crippen molar-refractivity contribution in [1.82, 2.24) is 0 Å². The molecule has 0 saturated carbocycles. The molecule has 0 amide bonds. The van der Waals surface area contributed by atoms with Crippen LogP contribution in [-0.4, -0.2) is 13.1 Å². The van der Waals surface area contributed by atoms with Gasteiger partial charge in [-0.1, -0.05) is 5.11 Å². The molecule has 0 fully saturated rings. The molecule has 0 aliphatic heterocycles. The first-order valence-electron chi connectivity index (χ1n) is 4.74. The molecule has 0 bridgehead atoms. The molecule has 88 valence electrons. The first kappa shape index (κ1) is 12.6. The third kappa shape index (κ3) is 3.89. The molecule has 1 rings (SSSR count). The van der Waals surface area contributed by atoms with E-state index in [1.807, 2.05) is 0 Å². The summed E-state index contributed by atoms with van der Waals surface area (Å²) in [5.74, 6) is -0.0427. The standard InChI is InChI=1S/C11H11N3O3/c1-8(6-9-4-3-5-17-9)7-10(13-14-12)11(15)16-2/h3-7H,1-2H3. The average molecular weight is 233 g/mol. The van der Waals surface area contributed by atoms with Gasteiger partial charge in [0.25, 0.3) is 0 Å². The third-order valence-electron chi connectivity index (χ3n) is 1.82. The second-order valence-corrected chi connectivity index (χ2v) is 3.11. The lowest BCUT2D eigenvalue weighted by atomic mass is 10.2. The van der Waals surface area contributed by atoms with Crippen molar-refractivity contribution < 1.29 is 13.9 Å². The molecule has 1 aromatic rings. The highest BCUT2D eigenvalue weighted by Crippen LogP contribution is 2.11. The number of rotatable bonds is 4. The lowest BCUT2D eigenvalue weighted by Crippen LogP contribution is -2.02. The Labute approximate surface area is 97.8 Å². The summed E-state index contributed by atoms with van der Waals surface area (Å²) < 4.78 is 9.59. The summed E-state index contributed by atoms with van der Waals surface area (Å²) in [6.07, 6.45) is 4.67. The molecule has 0 saturated heterocycles.